The van der Waals surface area contributed by atoms with E-state index in [0.717, 1.165) is 42.1 Å². The zero-order chi connectivity index (χ0) is 21.1. The Morgan fingerprint density at radius 1 is 1.24 bits per heavy atom. The van der Waals surface area contributed by atoms with Crippen LogP contribution in [0.4, 0.5) is 5.69 Å². The van der Waals surface area contributed by atoms with Crippen molar-refractivity contribution in [1.29, 1.82) is 0 Å². The molecule has 29 heavy (non-hydrogen) atoms. The lowest BCUT2D eigenvalue weighted by Crippen LogP contribution is -2.35. The van der Waals surface area contributed by atoms with Crippen molar-refractivity contribution in [3.8, 4) is 0 Å². The molecule has 0 radical (unpaired) electrons. The summed E-state index contributed by atoms with van der Waals surface area (Å²) in [5.74, 6) is -0.282. The first-order valence-corrected chi connectivity index (χ1v) is 10.3. The number of amides is 2. The molecule has 1 aromatic carbocycles. The van der Waals surface area contributed by atoms with E-state index < -0.39 is 0 Å². The zero-order valence-electron chi connectivity index (χ0n) is 17.3. The van der Waals surface area contributed by atoms with E-state index in [1.807, 2.05) is 19.9 Å². The van der Waals surface area contributed by atoms with Gasteiger partial charge < -0.3 is 20.5 Å². The maximum Gasteiger partial charge on any atom is 0.256 e. The number of aromatic nitrogens is 1. The van der Waals surface area contributed by atoms with Crippen LogP contribution < -0.4 is 10.6 Å². The van der Waals surface area contributed by atoms with Crippen molar-refractivity contribution in [2.45, 2.75) is 27.7 Å². The Bertz CT molecular complexity index is 973. The molecule has 7 heteroatoms. The molecule has 0 saturated heterocycles. The normalized spacial score (nSPS) is 14.4. The number of carbonyl (C=O) groups is 2. The number of likely N-dealkylation sites (N-methyl/N-ethyl adjacent to an activating group) is 1. The van der Waals surface area contributed by atoms with Crippen LogP contribution in [0.25, 0.3) is 11.6 Å². The largest absolute Gasteiger partial charge is 0.358 e. The summed E-state index contributed by atoms with van der Waals surface area (Å²) in [5.41, 5.74) is 5.04. The van der Waals surface area contributed by atoms with Crippen LogP contribution in [0.2, 0.25) is 5.02 Å². The van der Waals surface area contributed by atoms with Crippen molar-refractivity contribution < 1.29 is 9.59 Å². The van der Waals surface area contributed by atoms with Crippen LogP contribution in [0.1, 0.15) is 46.7 Å². The summed E-state index contributed by atoms with van der Waals surface area (Å²) in [5, 5.41) is 6.40. The first-order valence-electron chi connectivity index (χ1n) is 9.88. The highest BCUT2D eigenvalue weighted by Gasteiger charge is 2.25. The van der Waals surface area contributed by atoms with E-state index in [4.69, 9.17) is 11.6 Å². The number of carbonyl (C=O) groups excluding carboxylic acids is 2. The molecule has 1 aliphatic heterocycles. The van der Waals surface area contributed by atoms with Gasteiger partial charge in [-0.15, -0.1) is 0 Å². The number of fused-ring (bicyclic) bond motifs is 1. The van der Waals surface area contributed by atoms with Crippen molar-refractivity contribution in [3.63, 3.8) is 0 Å². The molecule has 1 aliphatic rings. The zero-order valence-corrected chi connectivity index (χ0v) is 18.0. The summed E-state index contributed by atoms with van der Waals surface area (Å²) >= 11 is 6.02. The molecule has 0 aliphatic carbocycles. The second-order valence-corrected chi connectivity index (χ2v) is 7.58. The third kappa shape index (κ3) is 4.38. The van der Waals surface area contributed by atoms with Crippen LogP contribution in [0.3, 0.4) is 0 Å². The van der Waals surface area contributed by atoms with Gasteiger partial charge in [0.1, 0.15) is 0 Å². The lowest BCUT2D eigenvalue weighted by Gasteiger charge is -2.18. The third-order valence-corrected chi connectivity index (χ3v) is 5.60. The Morgan fingerprint density at radius 3 is 2.66 bits per heavy atom. The average molecular weight is 415 g/mol. The van der Waals surface area contributed by atoms with E-state index in [9.17, 15) is 9.59 Å². The minimum absolute atomic E-state index is 0.101. The minimum atomic E-state index is -0.181. The Kier molecular flexibility index (Phi) is 6.45. The van der Waals surface area contributed by atoms with E-state index in [1.54, 1.807) is 18.2 Å². The highest BCUT2D eigenvalue weighted by atomic mass is 35.5. The van der Waals surface area contributed by atoms with Crippen LogP contribution in [0, 0.1) is 13.8 Å². The van der Waals surface area contributed by atoms with Gasteiger partial charge in [-0.25, -0.2) is 0 Å². The quantitative estimate of drug-likeness (QED) is 0.602. The van der Waals surface area contributed by atoms with E-state index in [1.165, 1.54) is 0 Å². The number of aryl methyl sites for hydroxylation is 1. The number of hydrogen-bond donors (Lipinski definition) is 3. The standard InChI is InChI=1S/C22H27ClN4O2/c1-5-27(6-2)10-9-24-22(29)20-13(3)18(25-14(20)4)12-17-16-8-7-15(23)11-19(16)26-21(17)28/h7-8,11-12,25H,5-6,9-10H2,1-4H3,(H,24,29)(H,26,28)/b17-12-. The van der Waals surface area contributed by atoms with E-state index in [-0.39, 0.29) is 11.8 Å². The fraction of sp³-hybridized carbons (Fsp3) is 0.364. The number of hydrogen-bond acceptors (Lipinski definition) is 3. The number of benzene rings is 1. The lowest BCUT2D eigenvalue weighted by molar-refractivity contribution is -0.110. The van der Waals surface area contributed by atoms with Gasteiger partial charge in [0.2, 0.25) is 0 Å². The van der Waals surface area contributed by atoms with Crippen molar-refractivity contribution in [1.82, 2.24) is 15.2 Å². The molecular weight excluding hydrogens is 388 g/mol. The SMILES string of the molecule is CCN(CC)CCNC(=O)c1c(C)[nH]c(/C=C2\C(=O)Nc3cc(Cl)ccc32)c1C. The number of H-pyrrole nitrogens is 1. The number of aromatic amines is 1. The Morgan fingerprint density at radius 2 is 1.97 bits per heavy atom. The van der Waals surface area contributed by atoms with Crippen LogP contribution in [-0.4, -0.2) is 47.9 Å². The van der Waals surface area contributed by atoms with Gasteiger partial charge in [-0.3, -0.25) is 9.59 Å². The van der Waals surface area contributed by atoms with Gasteiger partial charge >= 0.3 is 0 Å². The predicted octanol–water partition coefficient (Wildman–Crippen LogP) is 3.85. The molecule has 0 unspecified atom stereocenters. The average Bonchev–Trinajstić information content (AvgIpc) is 3.14. The van der Waals surface area contributed by atoms with Crippen LogP contribution in [0.15, 0.2) is 18.2 Å². The smallest absolute Gasteiger partial charge is 0.256 e. The maximum atomic E-state index is 12.7. The number of rotatable bonds is 7. The lowest BCUT2D eigenvalue weighted by atomic mass is 10.0. The Labute approximate surface area is 176 Å². The van der Waals surface area contributed by atoms with Gasteiger partial charge in [0.25, 0.3) is 11.8 Å². The van der Waals surface area contributed by atoms with Crippen LogP contribution in [-0.2, 0) is 4.79 Å². The van der Waals surface area contributed by atoms with Gasteiger partial charge in [-0.1, -0.05) is 31.5 Å². The summed E-state index contributed by atoms with van der Waals surface area (Å²) in [6.45, 7) is 11.3. The molecule has 0 bridgehead atoms. The molecule has 6 nitrogen and oxygen atoms in total. The molecule has 0 fully saturated rings. The first kappa shape index (κ1) is 21.1. The maximum absolute atomic E-state index is 12.7. The molecule has 2 aromatic rings. The van der Waals surface area contributed by atoms with Gasteiger partial charge in [0, 0.05) is 35.1 Å². The number of halogens is 1. The van der Waals surface area contributed by atoms with Gasteiger partial charge in [0.05, 0.1) is 16.8 Å². The Balaban J connectivity index is 1.82. The molecular formula is C22H27ClN4O2. The topological polar surface area (TPSA) is 77.2 Å². The van der Waals surface area contributed by atoms with E-state index >= 15 is 0 Å². The second kappa shape index (κ2) is 8.84. The molecule has 3 rings (SSSR count). The summed E-state index contributed by atoms with van der Waals surface area (Å²) in [4.78, 5) is 30.7. The first-order chi connectivity index (χ1) is 13.8. The minimum Gasteiger partial charge on any atom is -0.358 e. The number of nitrogens with one attached hydrogen (secondary N) is 3. The monoisotopic (exact) mass is 414 g/mol. The number of nitrogens with zero attached hydrogens (tertiary/aromatic N) is 1. The van der Waals surface area contributed by atoms with Crippen molar-refractivity contribution in [3.05, 3.63) is 51.3 Å². The molecule has 3 N–H and O–H groups in total. The van der Waals surface area contributed by atoms with Crippen molar-refractivity contribution >= 4 is 40.8 Å². The molecule has 2 heterocycles. The molecule has 1 aromatic heterocycles. The van der Waals surface area contributed by atoms with Gasteiger partial charge in [-0.05, 0) is 50.7 Å². The molecule has 0 spiro atoms. The van der Waals surface area contributed by atoms with Gasteiger partial charge in [0.15, 0.2) is 0 Å². The van der Waals surface area contributed by atoms with Gasteiger partial charge in [-0.2, -0.15) is 0 Å². The fourth-order valence-electron chi connectivity index (χ4n) is 3.67. The summed E-state index contributed by atoms with van der Waals surface area (Å²) in [6, 6.07) is 5.32. The highest BCUT2D eigenvalue weighted by Crippen LogP contribution is 2.35. The second-order valence-electron chi connectivity index (χ2n) is 7.15. The van der Waals surface area contributed by atoms with E-state index in [2.05, 4.69) is 34.4 Å². The number of anilines is 1. The summed E-state index contributed by atoms with van der Waals surface area (Å²) in [6.07, 6.45) is 1.80. The van der Waals surface area contributed by atoms with Crippen LogP contribution >= 0.6 is 11.6 Å². The third-order valence-electron chi connectivity index (χ3n) is 5.36. The molecule has 0 atom stereocenters. The molecule has 154 valence electrons. The van der Waals surface area contributed by atoms with Crippen molar-refractivity contribution in [2.24, 2.45) is 0 Å². The van der Waals surface area contributed by atoms with Crippen molar-refractivity contribution in [2.75, 3.05) is 31.5 Å². The fourth-order valence-corrected chi connectivity index (χ4v) is 3.84. The Hall–Kier alpha value is -2.57. The van der Waals surface area contributed by atoms with Crippen LogP contribution in [0.5, 0.6) is 0 Å². The predicted molar refractivity (Wildman–Crippen MR) is 118 cm³/mol. The molecule has 2 amide bonds. The highest BCUT2D eigenvalue weighted by molar-refractivity contribution is 6.36. The summed E-state index contributed by atoms with van der Waals surface area (Å²) in [7, 11) is 0. The van der Waals surface area contributed by atoms with E-state index in [0.29, 0.717) is 28.4 Å². The summed E-state index contributed by atoms with van der Waals surface area (Å²) < 4.78 is 0. The molecule has 0 saturated carbocycles.